The second kappa shape index (κ2) is 4.28. The van der Waals surface area contributed by atoms with E-state index >= 15 is 0 Å². The van der Waals surface area contributed by atoms with Crippen molar-refractivity contribution >= 4 is 11.8 Å². The van der Waals surface area contributed by atoms with Gasteiger partial charge in [-0.05, 0) is 25.7 Å². The monoisotopic (exact) mass is 233 g/mol. The molecule has 0 aromatic carbocycles. The average molecular weight is 233 g/mol. The maximum Gasteiger partial charge on any atom is 0.237 e. The lowest BCUT2D eigenvalue weighted by Crippen LogP contribution is -2.41. The van der Waals surface area contributed by atoms with Crippen LogP contribution in [0.15, 0.2) is 12.2 Å². The number of carbonyl (C=O) groups excluding carboxylic acids is 2. The van der Waals surface area contributed by atoms with Crippen molar-refractivity contribution in [3.05, 3.63) is 12.2 Å². The van der Waals surface area contributed by atoms with Crippen LogP contribution in [0.2, 0.25) is 0 Å². The molecule has 92 valence electrons. The maximum atomic E-state index is 12.3. The fourth-order valence-electron chi connectivity index (χ4n) is 3.51. The summed E-state index contributed by atoms with van der Waals surface area (Å²) < 4.78 is 0. The van der Waals surface area contributed by atoms with E-state index in [1.54, 1.807) is 4.90 Å². The van der Waals surface area contributed by atoms with Crippen molar-refractivity contribution in [2.45, 2.75) is 51.0 Å². The van der Waals surface area contributed by atoms with Crippen molar-refractivity contribution in [1.82, 2.24) is 4.90 Å². The smallest absolute Gasteiger partial charge is 0.237 e. The molecule has 0 radical (unpaired) electrons. The third kappa shape index (κ3) is 1.72. The zero-order valence-corrected chi connectivity index (χ0v) is 10.1. The zero-order valence-electron chi connectivity index (χ0n) is 10.1. The van der Waals surface area contributed by atoms with Gasteiger partial charge in [0.2, 0.25) is 11.8 Å². The Hall–Kier alpha value is -1.12. The van der Waals surface area contributed by atoms with Gasteiger partial charge in [-0.25, -0.2) is 0 Å². The molecule has 3 aliphatic rings. The van der Waals surface area contributed by atoms with E-state index in [0.717, 1.165) is 38.5 Å². The van der Waals surface area contributed by atoms with Gasteiger partial charge >= 0.3 is 0 Å². The Morgan fingerprint density at radius 2 is 1.76 bits per heavy atom. The van der Waals surface area contributed by atoms with E-state index in [2.05, 4.69) is 6.08 Å². The molecule has 1 saturated heterocycles. The molecule has 0 aromatic heterocycles. The summed E-state index contributed by atoms with van der Waals surface area (Å²) in [4.78, 5) is 26.2. The molecule has 2 atom stereocenters. The van der Waals surface area contributed by atoms with Crippen LogP contribution in [0, 0.1) is 11.8 Å². The van der Waals surface area contributed by atoms with Crippen molar-refractivity contribution in [3.63, 3.8) is 0 Å². The summed E-state index contributed by atoms with van der Waals surface area (Å²) in [7, 11) is 0. The summed E-state index contributed by atoms with van der Waals surface area (Å²) in [5.74, 6) is -0.00768. The van der Waals surface area contributed by atoms with Crippen LogP contribution in [0.5, 0.6) is 0 Å². The summed E-state index contributed by atoms with van der Waals surface area (Å²) in [5, 5.41) is 0. The number of likely N-dealkylation sites (tertiary alicyclic amines) is 1. The Morgan fingerprint density at radius 3 is 2.47 bits per heavy atom. The van der Waals surface area contributed by atoms with Crippen LogP contribution in [-0.4, -0.2) is 22.8 Å². The van der Waals surface area contributed by atoms with E-state index in [1.807, 2.05) is 6.08 Å². The highest BCUT2D eigenvalue weighted by Crippen LogP contribution is 2.37. The van der Waals surface area contributed by atoms with Crippen LogP contribution in [0.1, 0.15) is 44.9 Å². The lowest BCUT2D eigenvalue weighted by Gasteiger charge is -2.29. The molecule has 2 aliphatic carbocycles. The number of hydrogen-bond acceptors (Lipinski definition) is 2. The van der Waals surface area contributed by atoms with E-state index in [1.165, 1.54) is 6.42 Å². The number of imide groups is 1. The molecule has 0 bridgehead atoms. The van der Waals surface area contributed by atoms with Gasteiger partial charge < -0.3 is 0 Å². The number of hydrogen-bond donors (Lipinski definition) is 0. The molecule has 3 nitrogen and oxygen atoms in total. The molecule has 2 fully saturated rings. The first-order valence-electron chi connectivity index (χ1n) is 6.82. The van der Waals surface area contributed by atoms with Gasteiger partial charge in [0.15, 0.2) is 0 Å². The van der Waals surface area contributed by atoms with Gasteiger partial charge in [0.05, 0.1) is 11.8 Å². The molecular weight excluding hydrogens is 214 g/mol. The lowest BCUT2D eigenvalue weighted by molar-refractivity contribution is -0.143. The largest absolute Gasteiger partial charge is 0.279 e. The minimum absolute atomic E-state index is 0.0468. The van der Waals surface area contributed by atoms with E-state index in [-0.39, 0.29) is 29.7 Å². The SMILES string of the molecule is O=C1C2C=CCCC2C(=O)N1C1CCCCC1. The molecule has 1 saturated carbocycles. The normalized spacial score (nSPS) is 34.2. The number of amides is 2. The number of fused-ring (bicyclic) bond motifs is 1. The van der Waals surface area contributed by atoms with Crippen molar-refractivity contribution < 1.29 is 9.59 Å². The van der Waals surface area contributed by atoms with Gasteiger partial charge in [-0.2, -0.15) is 0 Å². The van der Waals surface area contributed by atoms with Gasteiger partial charge in [-0.15, -0.1) is 0 Å². The van der Waals surface area contributed by atoms with Gasteiger partial charge in [0.25, 0.3) is 0 Å². The molecular formula is C14H19NO2. The molecule has 1 heterocycles. The molecule has 0 aromatic rings. The molecule has 0 N–H and O–H groups in total. The average Bonchev–Trinajstić information content (AvgIpc) is 2.64. The number of rotatable bonds is 1. The van der Waals surface area contributed by atoms with Crippen LogP contribution in [0.25, 0.3) is 0 Å². The lowest BCUT2D eigenvalue weighted by atomic mass is 9.86. The Bertz CT molecular complexity index is 368. The number of allylic oxidation sites excluding steroid dienone is 1. The van der Waals surface area contributed by atoms with E-state index in [0.29, 0.717) is 0 Å². The molecule has 1 aliphatic heterocycles. The fourth-order valence-corrected chi connectivity index (χ4v) is 3.51. The minimum atomic E-state index is -0.141. The molecule has 17 heavy (non-hydrogen) atoms. The van der Waals surface area contributed by atoms with Crippen LogP contribution >= 0.6 is 0 Å². The summed E-state index contributed by atoms with van der Waals surface area (Å²) in [6, 6.07) is 0.197. The molecule has 0 spiro atoms. The molecule has 2 unspecified atom stereocenters. The highest BCUT2D eigenvalue weighted by molar-refractivity contribution is 6.06. The van der Waals surface area contributed by atoms with Crippen molar-refractivity contribution in [3.8, 4) is 0 Å². The van der Waals surface area contributed by atoms with E-state index in [9.17, 15) is 9.59 Å². The first kappa shape index (κ1) is 11.0. The standard InChI is InChI=1S/C14H19NO2/c16-13-11-8-4-5-9-12(11)14(17)15(13)10-6-2-1-3-7-10/h4,8,10-12H,1-3,5-7,9H2. The predicted molar refractivity (Wildman–Crippen MR) is 64.1 cm³/mol. The van der Waals surface area contributed by atoms with E-state index < -0.39 is 0 Å². The molecule has 3 rings (SSSR count). The first-order valence-corrected chi connectivity index (χ1v) is 6.82. The second-order valence-corrected chi connectivity index (χ2v) is 5.48. The van der Waals surface area contributed by atoms with Crippen LogP contribution in [-0.2, 0) is 9.59 Å². The van der Waals surface area contributed by atoms with E-state index in [4.69, 9.17) is 0 Å². The minimum Gasteiger partial charge on any atom is -0.279 e. The molecule has 2 amide bonds. The predicted octanol–water partition coefficient (Wildman–Crippen LogP) is 2.27. The van der Waals surface area contributed by atoms with Crippen molar-refractivity contribution in [1.29, 1.82) is 0 Å². The van der Waals surface area contributed by atoms with Crippen LogP contribution < -0.4 is 0 Å². The van der Waals surface area contributed by atoms with Crippen molar-refractivity contribution in [2.24, 2.45) is 11.8 Å². The Labute approximate surface area is 102 Å². The molecule has 3 heteroatoms. The summed E-state index contributed by atoms with van der Waals surface area (Å²) in [5.41, 5.74) is 0. The third-order valence-corrected chi connectivity index (χ3v) is 4.44. The maximum absolute atomic E-state index is 12.3. The fraction of sp³-hybridized carbons (Fsp3) is 0.714. The zero-order chi connectivity index (χ0) is 11.8. The topological polar surface area (TPSA) is 37.4 Å². The Balaban J connectivity index is 1.83. The van der Waals surface area contributed by atoms with Gasteiger partial charge in [0.1, 0.15) is 0 Å². The highest BCUT2D eigenvalue weighted by atomic mass is 16.2. The van der Waals surface area contributed by atoms with Gasteiger partial charge in [-0.1, -0.05) is 31.4 Å². The summed E-state index contributed by atoms with van der Waals surface area (Å²) >= 11 is 0. The quantitative estimate of drug-likeness (QED) is 0.514. The first-order chi connectivity index (χ1) is 8.29. The highest BCUT2D eigenvalue weighted by Gasteiger charge is 2.49. The summed E-state index contributed by atoms with van der Waals surface area (Å²) in [6.07, 6.45) is 11.4. The van der Waals surface area contributed by atoms with Crippen LogP contribution in [0.3, 0.4) is 0 Å². The number of nitrogens with zero attached hydrogens (tertiary/aromatic N) is 1. The van der Waals surface area contributed by atoms with Crippen molar-refractivity contribution in [2.75, 3.05) is 0 Å². The second-order valence-electron chi connectivity index (χ2n) is 5.48. The van der Waals surface area contributed by atoms with Crippen LogP contribution in [0.4, 0.5) is 0 Å². The van der Waals surface area contributed by atoms with Gasteiger partial charge in [0, 0.05) is 6.04 Å². The Morgan fingerprint density at radius 1 is 1.00 bits per heavy atom. The van der Waals surface area contributed by atoms with Gasteiger partial charge in [-0.3, -0.25) is 14.5 Å². The third-order valence-electron chi connectivity index (χ3n) is 4.44. The summed E-state index contributed by atoms with van der Waals surface area (Å²) in [6.45, 7) is 0. The number of carbonyl (C=O) groups is 2. The Kier molecular flexibility index (Phi) is 2.77.